The molecular weight excluding hydrogens is 569 g/mol. The van der Waals surface area contributed by atoms with Gasteiger partial charge in [-0.1, -0.05) is 23.7 Å². The molecule has 40 heavy (non-hydrogen) atoms. The number of benzene rings is 2. The number of aliphatic hydroxyl groups is 3. The number of carboxylic acids is 1. The second kappa shape index (κ2) is 14.6. The van der Waals surface area contributed by atoms with Crippen molar-refractivity contribution >= 4 is 29.4 Å². The van der Waals surface area contributed by atoms with Crippen LogP contribution in [-0.2, 0) is 25.7 Å². The fraction of sp³-hybridized carbons (Fsp3) is 0.400. The predicted molar refractivity (Wildman–Crippen MR) is 128 cm³/mol. The number of rotatable bonds is 10. The molecule has 0 unspecified atom stereocenters. The number of carbonyl (C=O) groups excluding carboxylic acids is 3. The molecule has 0 spiro atoms. The summed E-state index contributed by atoms with van der Waals surface area (Å²) >= 11 is 5.79. The third kappa shape index (κ3) is 8.18. The summed E-state index contributed by atoms with van der Waals surface area (Å²) in [6, 6.07) is 7.45. The first kappa shape index (κ1) is 34.0. The van der Waals surface area contributed by atoms with Gasteiger partial charge in [-0.15, -0.1) is 0 Å². The van der Waals surface area contributed by atoms with E-state index in [1.54, 1.807) is 0 Å². The maximum absolute atomic E-state index is 14.1. The van der Waals surface area contributed by atoms with Crippen molar-refractivity contribution in [1.29, 1.82) is 0 Å². The predicted octanol–water partition coefficient (Wildman–Crippen LogP) is -3.61. The van der Waals surface area contributed by atoms with E-state index >= 15 is 0 Å². The number of aliphatic carboxylic acids is 1. The maximum atomic E-state index is 14.1. The molecular formula is C25H26ClF2N2NaO9. The monoisotopic (exact) mass is 594 g/mol. The number of amides is 2. The van der Waals surface area contributed by atoms with Gasteiger partial charge in [-0.05, 0) is 30.3 Å². The molecule has 2 aromatic rings. The SMILES string of the molecule is CC(=O)N[C@H]1[C@H]([C@H](O)[C@H](O)CNC(=O)c2ccc(Cl)cc2)O[C@@](OCc2cccc(F)c2F)(C(=O)[O-])C[C@H]1O.[Na+]. The topological polar surface area (TPSA) is 177 Å². The number of hydrogen-bond donors (Lipinski definition) is 5. The van der Waals surface area contributed by atoms with E-state index in [1.807, 2.05) is 0 Å². The van der Waals surface area contributed by atoms with Crippen LogP contribution in [-0.4, -0.2) is 75.9 Å². The normalized spacial score (nSPS) is 23.8. The Labute approximate surface area is 254 Å². The van der Waals surface area contributed by atoms with E-state index in [2.05, 4.69) is 10.6 Å². The number of nitrogens with one attached hydrogen (secondary N) is 2. The Hall–Kier alpha value is -2.20. The van der Waals surface area contributed by atoms with Gasteiger partial charge in [0.25, 0.3) is 5.91 Å². The van der Waals surface area contributed by atoms with E-state index in [0.29, 0.717) is 5.02 Å². The minimum Gasteiger partial charge on any atom is -0.544 e. The Balaban J connectivity index is 0.00000560. The smallest absolute Gasteiger partial charge is 0.544 e. The van der Waals surface area contributed by atoms with Crippen molar-refractivity contribution in [3.05, 3.63) is 70.2 Å². The van der Waals surface area contributed by atoms with Crippen molar-refractivity contribution in [2.45, 2.75) is 56.2 Å². The number of carbonyl (C=O) groups is 3. The molecule has 6 atom stereocenters. The number of aliphatic hydroxyl groups excluding tert-OH is 3. The molecule has 1 saturated heterocycles. The van der Waals surface area contributed by atoms with Crippen LogP contribution < -0.4 is 45.3 Å². The van der Waals surface area contributed by atoms with Gasteiger partial charge in [-0.2, -0.15) is 0 Å². The van der Waals surface area contributed by atoms with Gasteiger partial charge in [0.2, 0.25) is 11.7 Å². The van der Waals surface area contributed by atoms with Crippen molar-refractivity contribution < 1.29 is 82.6 Å². The Morgan fingerprint density at radius 3 is 2.45 bits per heavy atom. The van der Waals surface area contributed by atoms with E-state index in [4.69, 9.17) is 21.1 Å². The van der Waals surface area contributed by atoms with Gasteiger partial charge in [-0.3, -0.25) is 9.59 Å². The van der Waals surface area contributed by atoms with Crippen molar-refractivity contribution in [3.63, 3.8) is 0 Å². The first-order valence-corrected chi connectivity index (χ1v) is 12.0. The first-order chi connectivity index (χ1) is 18.3. The zero-order chi connectivity index (χ0) is 28.9. The maximum Gasteiger partial charge on any atom is 1.00 e. The van der Waals surface area contributed by atoms with E-state index in [1.165, 1.54) is 24.3 Å². The molecule has 2 amide bonds. The molecule has 212 valence electrons. The Kier molecular flexibility index (Phi) is 12.4. The minimum atomic E-state index is -2.80. The minimum absolute atomic E-state index is 0. The molecule has 11 nitrogen and oxygen atoms in total. The summed E-state index contributed by atoms with van der Waals surface area (Å²) < 4.78 is 38.4. The Morgan fingerprint density at radius 2 is 1.85 bits per heavy atom. The summed E-state index contributed by atoms with van der Waals surface area (Å²) in [7, 11) is 0. The van der Waals surface area contributed by atoms with Crippen molar-refractivity contribution in [3.8, 4) is 0 Å². The van der Waals surface area contributed by atoms with E-state index in [-0.39, 0.29) is 40.7 Å². The second-order valence-electron chi connectivity index (χ2n) is 8.90. The zero-order valence-electron chi connectivity index (χ0n) is 21.5. The van der Waals surface area contributed by atoms with Gasteiger partial charge in [0.15, 0.2) is 11.6 Å². The summed E-state index contributed by atoms with van der Waals surface area (Å²) in [4.78, 5) is 36.2. The molecule has 2 aromatic carbocycles. The average molecular weight is 595 g/mol. The summed E-state index contributed by atoms with van der Waals surface area (Å²) in [6.45, 7) is -0.306. The third-order valence-corrected chi connectivity index (χ3v) is 6.31. The number of ether oxygens (including phenoxy) is 2. The fourth-order valence-corrected chi connectivity index (χ4v) is 4.16. The van der Waals surface area contributed by atoms with Crippen molar-refractivity contribution in [2.75, 3.05) is 6.54 Å². The molecule has 0 radical (unpaired) electrons. The van der Waals surface area contributed by atoms with Crippen LogP contribution in [0.2, 0.25) is 5.02 Å². The molecule has 0 saturated carbocycles. The number of carboxylic acid groups (broad SMARTS) is 1. The van der Waals surface area contributed by atoms with Crippen LogP contribution in [0.4, 0.5) is 8.78 Å². The Bertz CT molecular complexity index is 1210. The molecule has 1 aliphatic heterocycles. The molecule has 0 aliphatic carbocycles. The molecule has 0 aromatic heterocycles. The number of hydrogen-bond acceptors (Lipinski definition) is 9. The molecule has 15 heteroatoms. The van der Waals surface area contributed by atoms with Crippen molar-refractivity contribution in [2.24, 2.45) is 0 Å². The third-order valence-electron chi connectivity index (χ3n) is 6.06. The van der Waals surface area contributed by atoms with Crippen LogP contribution in [0.1, 0.15) is 29.3 Å². The van der Waals surface area contributed by atoms with E-state index < -0.39 is 85.2 Å². The fourth-order valence-electron chi connectivity index (χ4n) is 4.04. The van der Waals surface area contributed by atoms with Crippen LogP contribution in [0.15, 0.2) is 42.5 Å². The van der Waals surface area contributed by atoms with Crippen LogP contribution in [0.25, 0.3) is 0 Å². The Morgan fingerprint density at radius 1 is 1.20 bits per heavy atom. The molecule has 1 aliphatic rings. The summed E-state index contributed by atoms with van der Waals surface area (Å²) in [5.74, 6) is -8.67. The van der Waals surface area contributed by atoms with Gasteiger partial charge in [0.05, 0.1) is 24.9 Å². The van der Waals surface area contributed by atoms with Crippen LogP contribution in [0.3, 0.4) is 0 Å². The molecule has 5 N–H and O–H groups in total. The standard InChI is InChI=1S/C25H27ClF2N2O9.Na/c1-12(31)30-20-17(32)9-25(24(36)37,38-11-14-3-2-4-16(27)19(14)28)39-22(20)21(34)18(33)10-29-23(35)13-5-7-15(26)8-6-13;/h2-8,17-18,20-22,32-34H,9-11H2,1H3,(H,29,35)(H,30,31)(H,36,37);/q;+1/p-1/t17-,18-,20-,21-,22-,25-;/m1./s1. The molecule has 1 heterocycles. The van der Waals surface area contributed by atoms with E-state index in [0.717, 1.165) is 25.1 Å². The molecule has 0 bridgehead atoms. The molecule has 1 fully saturated rings. The van der Waals surface area contributed by atoms with Gasteiger partial charge in [0, 0.05) is 36.0 Å². The van der Waals surface area contributed by atoms with Gasteiger partial charge >= 0.3 is 29.6 Å². The van der Waals surface area contributed by atoms with Crippen molar-refractivity contribution in [1.82, 2.24) is 10.6 Å². The first-order valence-electron chi connectivity index (χ1n) is 11.7. The van der Waals surface area contributed by atoms with Gasteiger partial charge in [-0.25, -0.2) is 8.78 Å². The second-order valence-corrected chi connectivity index (χ2v) is 9.33. The number of halogens is 3. The quantitative estimate of drug-likeness (QED) is 0.174. The largest absolute Gasteiger partial charge is 1.00 e. The summed E-state index contributed by atoms with van der Waals surface area (Å²) in [6.07, 6.45) is -8.20. The van der Waals surface area contributed by atoms with Crippen LogP contribution >= 0.6 is 11.6 Å². The summed E-state index contributed by atoms with van der Waals surface area (Å²) in [5.41, 5.74) is -0.185. The summed E-state index contributed by atoms with van der Waals surface area (Å²) in [5, 5.41) is 49.3. The van der Waals surface area contributed by atoms with Crippen LogP contribution in [0, 0.1) is 11.6 Å². The van der Waals surface area contributed by atoms with Crippen LogP contribution in [0.5, 0.6) is 0 Å². The van der Waals surface area contributed by atoms with Gasteiger partial charge in [0.1, 0.15) is 18.2 Å². The molecule has 3 rings (SSSR count). The van der Waals surface area contributed by atoms with Gasteiger partial charge < -0.3 is 45.3 Å². The van der Waals surface area contributed by atoms with E-state index in [9.17, 15) is 43.6 Å². The average Bonchev–Trinajstić information content (AvgIpc) is 2.88. The zero-order valence-corrected chi connectivity index (χ0v) is 24.2.